The molecule has 0 fully saturated rings. The number of hydrogen-bond donors (Lipinski definition) is 1. The first-order valence-electron chi connectivity index (χ1n) is 6.62. The van der Waals surface area contributed by atoms with Gasteiger partial charge in [0.15, 0.2) is 5.58 Å². The summed E-state index contributed by atoms with van der Waals surface area (Å²) in [4.78, 5) is 19.7. The molecular formula is C14H20N4O2. The van der Waals surface area contributed by atoms with Crippen LogP contribution in [0.4, 0.5) is 11.7 Å². The van der Waals surface area contributed by atoms with Gasteiger partial charge in [-0.2, -0.15) is 4.98 Å². The number of amides is 1. The smallest absolute Gasteiger partial charge is 0.298 e. The van der Waals surface area contributed by atoms with Crippen LogP contribution in [0.1, 0.15) is 13.3 Å². The molecule has 0 saturated heterocycles. The Bertz CT molecular complexity index is 606. The first-order valence-corrected chi connectivity index (χ1v) is 6.62. The van der Waals surface area contributed by atoms with Crippen molar-refractivity contribution in [1.82, 2.24) is 9.88 Å². The summed E-state index contributed by atoms with van der Waals surface area (Å²) >= 11 is 0. The highest BCUT2D eigenvalue weighted by atomic mass is 16.4. The highest BCUT2D eigenvalue weighted by molar-refractivity contribution is 5.82. The number of fused-ring (bicyclic) bond motifs is 1. The van der Waals surface area contributed by atoms with Crippen molar-refractivity contribution < 1.29 is 9.21 Å². The molecule has 1 aromatic carbocycles. The predicted molar refractivity (Wildman–Crippen MR) is 79.6 cm³/mol. The van der Waals surface area contributed by atoms with Gasteiger partial charge in [-0.25, -0.2) is 0 Å². The van der Waals surface area contributed by atoms with Crippen LogP contribution in [0.3, 0.4) is 0 Å². The van der Waals surface area contributed by atoms with Crippen LogP contribution in [0.15, 0.2) is 22.6 Å². The molecule has 2 aromatic rings. The van der Waals surface area contributed by atoms with Gasteiger partial charge in [0.25, 0.3) is 6.01 Å². The summed E-state index contributed by atoms with van der Waals surface area (Å²) in [6, 6.07) is 5.79. The van der Waals surface area contributed by atoms with Crippen molar-refractivity contribution >= 4 is 28.7 Å². The first-order chi connectivity index (χ1) is 9.51. The zero-order chi connectivity index (χ0) is 14.7. The number of nitrogens with two attached hydrogens (primary N) is 1. The molecule has 1 heterocycles. The van der Waals surface area contributed by atoms with Crippen LogP contribution in [0, 0.1) is 0 Å². The van der Waals surface area contributed by atoms with Crippen molar-refractivity contribution in [3.05, 3.63) is 18.2 Å². The molecule has 0 aliphatic carbocycles. The molecule has 108 valence electrons. The molecule has 2 rings (SSSR count). The van der Waals surface area contributed by atoms with Crippen LogP contribution in [0.5, 0.6) is 0 Å². The zero-order valence-electron chi connectivity index (χ0n) is 12.1. The Balaban J connectivity index is 2.28. The number of carbonyl (C=O) groups is 1. The van der Waals surface area contributed by atoms with Gasteiger partial charge < -0.3 is 20.0 Å². The van der Waals surface area contributed by atoms with E-state index >= 15 is 0 Å². The Morgan fingerprint density at radius 1 is 1.40 bits per heavy atom. The van der Waals surface area contributed by atoms with Crippen LogP contribution < -0.4 is 10.6 Å². The van der Waals surface area contributed by atoms with Crippen molar-refractivity contribution in [1.29, 1.82) is 0 Å². The molecule has 0 atom stereocenters. The van der Waals surface area contributed by atoms with Crippen molar-refractivity contribution in [2.45, 2.75) is 13.3 Å². The number of anilines is 2. The van der Waals surface area contributed by atoms with Crippen LogP contribution in [-0.4, -0.2) is 43.0 Å². The third-order valence-corrected chi connectivity index (χ3v) is 2.99. The van der Waals surface area contributed by atoms with Gasteiger partial charge in [0.1, 0.15) is 12.1 Å². The van der Waals surface area contributed by atoms with Gasteiger partial charge in [-0.05, 0) is 24.6 Å². The maximum atomic E-state index is 11.9. The number of rotatable bonds is 5. The number of hydrogen-bond acceptors (Lipinski definition) is 5. The summed E-state index contributed by atoms with van der Waals surface area (Å²) in [6.45, 7) is 3.01. The second-order valence-electron chi connectivity index (χ2n) is 4.93. The second kappa shape index (κ2) is 5.81. The van der Waals surface area contributed by atoms with E-state index in [1.807, 2.05) is 11.8 Å². The van der Waals surface area contributed by atoms with Gasteiger partial charge >= 0.3 is 0 Å². The highest BCUT2D eigenvalue weighted by Crippen LogP contribution is 2.23. The molecule has 0 saturated carbocycles. The molecule has 0 unspecified atom stereocenters. The van der Waals surface area contributed by atoms with Crippen LogP contribution in [0.25, 0.3) is 11.1 Å². The van der Waals surface area contributed by atoms with Gasteiger partial charge in [-0.3, -0.25) is 4.79 Å². The minimum atomic E-state index is 0.0141. The number of nitrogens with zero attached hydrogens (tertiary/aromatic N) is 3. The van der Waals surface area contributed by atoms with Gasteiger partial charge in [-0.1, -0.05) is 6.92 Å². The fraction of sp³-hybridized carbons (Fsp3) is 0.429. The molecule has 0 spiro atoms. The third-order valence-electron chi connectivity index (χ3n) is 2.99. The summed E-state index contributed by atoms with van der Waals surface area (Å²) in [5, 5.41) is 0. The number of oxazole rings is 1. The lowest BCUT2D eigenvalue weighted by Gasteiger charge is -2.21. The Labute approximate surface area is 118 Å². The number of benzene rings is 1. The lowest BCUT2D eigenvalue weighted by atomic mass is 10.3. The van der Waals surface area contributed by atoms with E-state index in [9.17, 15) is 4.79 Å². The molecule has 0 bridgehead atoms. The molecule has 0 aliphatic heterocycles. The maximum Gasteiger partial charge on any atom is 0.298 e. The maximum absolute atomic E-state index is 11.9. The molecule has 6 heteroatoms. The minimum Gasteiger partial charge on any atom is -0.423 e. The Morgan fingerprint density at radius 3 is 2.80 bits per heavy atom. The second-order valence-corrected chi connectivity index (χ2v) is 4.93. The minimum absolute atomic E-state index is 0.0141. The summed E-state index contributed by atoms with van der Waals surface area (Å²) in [5.41, 5.74) is 7.76. The molecule has 0 radical (unpaired) electrons. The number of carbonyl (C=O) groups excluding carboxylic acids is 1. The molecule has 0 aliphatic rings. The molecule has 1 aromatic heterocycles. The Hall–Kier alpha value is -2.24. The highest BCUT2D eigenvalue weighted by Gasteiger charge is 2.17. The van der Waals surface area contributed by atoms with Crippen molar-refractivity contribution in [3.63, 3.8) is 0 Å². The summed E-state index contributed by atoms with van der Waals surface area (Å²) in [7, 11) is 3.47. The lowest BCUT2D eigenvalue weighted by molar-refractivity contribution is -0.127. The van der Waals surface area contributed by atoms with E-state index in [0.29, 0.717) is 29.3 Å². The number of nitrogen functional groups attached to an aromatic ring is 1. The van der Waals surface area contributed by atoms with Gasteiger partial charge in [-0.15, -0.1) is 0 Å². The third kappa shape index (κ3) is 3.01. The van der Waals surface area contributed by atoms with Crippen LogP contribution >= 0.6 is 0 Å². The summed E-state index contributed by atoms with van der Waals surface area (Å²) in [6.07, 6.45) is 0.904. The van der Waals surface area contributed by atoms with E-state index in [0.717, 1.165) is 6.42 Å². The van der Waals surface area contributed by atoms with E-state index in [4.69, 9.17) is 10.2 Å². The van der Waals surface area contributed by atoms with Crippen molar-refractivity contribution in [3.8, 4) is 0 Å². The molecule has 6 nitrogen and oxygen atoms in total. The Morgan fingerprint density at radius 2 is 2.15 bits per heavy atom. The normalized spacial score (nSPS) is 10.8. The van der Waals surface area contributed by atoms with E-state index in [1.165, 1.54) is 0 Å². The molecule has 20 heavy (non-hydrogen) atoms. The molecule has 1 amide bonds. The fourth-order valence-corrected chi connectivity index (χ4v) is 1.88. The van der Waals surface area contributed by atoms with Crippen molar-refractivity contribution in [2.24, 2.45) is 0 Å². The summed E-state index contributed by atoms with van der Waals surface area (Å²) < 4.78 is 5.71. The van der Waals surface area contributed by atoms with Gasteiger partial charge in [0.05, 0.1) is 0 Å². The Kier molecular flexibility index (Phi) is 4.12. The van der Waals surface area contributed by atoms with Gasteiger partial charge in [0.2, 0.25) is 5.91 Å². The average Bonchev–Trinajstić information content (AvgIpc) is 2.80. The first kappa shape index (κ1) is 14.2. The topological polar surface area (TPSA) is 75.6 Å². The predicted octanol–water partition coefficient (Wildman–Crippen LogP) is 1.71. The average molecular weight is 276 g/mol. The fourth-order valence-electron chi connectivity index (χ4n) is 1.88. The standard InChI is InChI=1S/C14H20N4O2/c1-4-7-18(9-13(19)17(2)3)14-16-11-8-10(15)5-6-12(11)20-14/h5-6,8H,4,7,9,15H2,1-3H3. The van der Waals surface area contributed by atoms with E-state index < -0.39 is 0 Å². The van der Waals surface area contributed by atoms with Crippen molar-refractivity contribution in [2.75, 3.05) is 37.8 Å². The lowest BCUT2D eigenvalue weighted by Crippen LogP contribution is -2.37. The molecule has 2 N–H and O–H groups in total. The van der Waals surface area contributed by atoms with Gasteiger partial charge in [0, 0.05) is 26.3 Å². The molecular weight excluding hydrogens is 256 g/mol. The monoisotopic (exact) mass is 276 g/mol. The quantitative estimate of drug-likeness (QED) is 0.841. The van der Waals surface area contributed by atoms with E-state index in [-0.39, 0.29) is 12.5 Å². The SMILES string of the molecule is CCCN(CC(=O)N(C)C)c1nc2cc(N)ccc2o1. The van der Waals surface area contributed by atoms with E-state index in [2.05, 4.69) is 4.98 Å². The number of likely N-dealkylation sites (N-methyl/N-ethyl adjacent to an activating group) is 1. The number of aromatic nitrogens is 1. The van der Waals surface area contributed by atoms with E-state index in [1.54, 1.807) is 37.2 Å². The summed E-state index contributed by atoms with van der Waals surface area (Å²) in [5.74, 6) is 0.0141. The van der Waals surface area contributed by atoms with Crippen LogP contribution in [0.2, 0.25) is 0 Å². The zero-order valence-corrected chi connectivity index (χ0v) is 12.1. The largest absolute Gasteiger partial charge is 0.423 e. The van der Waals surface area contributed by atoms with Crippen LogP contribution in [-0.2, 0) is 4.79 Å².